The van der Waals surface area contributed by atoms with Crippen molar-refractivity contribution in [2.45, 2.75) is 65.5 Å². The summed E-state index contributed by atoms with van der Waals surface area (Å²) in [6, 6.07) is 0.563. The third-order valence-corrected chi connectivity index (χ3v) is 4.29. The molecule has 0 bridgehead atoms. The fraction of sp³-hybridized carbons (Fsp3) is 0.938. The van der Waals surface area contributed by atoms with Crippen LogP contribution in [0.15, 0.2) is 4.99 Å². The molecule has 0 radical (unpaired) electrons. The number of nitrogens with zero attached hydrogens (tertiary/aromatic N) is 1. The summed E-state index contributed by atoms with van der Waals surface area (Å²) in [6.07, 6.45) is 5.30. The number of aliphatic imine (C=N–C) groups is 1. The maximum absolute atomic E-state index is 5.57. The molecule has 0 saturated heterocycles. The normalized spacial score (nSPS) is 25.0. The molecule has 126 valence electrons. The summed E-state index contributed by atoms with van der Waals surface area (Å²) in [6.45, 7) is 9.71. The molecule has 0 aliphatic heterocycles. The van der Waals surface area contributed by atoms with Crippen molar-refractivity contribution in [2.75, 3.05) is 20.7 Å². The predicted molar refractivity (Wildman–Crippen MR) is 102 cm³/mol. The number of hydrogen-bond donors (Lipinski definition) is 2. The SMILES string of the molecule is CN=C(NCC(OC)C(C)(C)C)NC1CCC(C)CC1.I. The van der Waals surface area contributed by atoms with E-state index < -0.39 is 0 Å². The van der Waals surface area contributed by atoms with E-state index in [0.29, 0.717) is 6.04 Å². The molecule has 0 aromatic rings. The minimum Gasteiger partial charge on any atom is -0.379 e. The zero-order valence-electron chi connectivity index (χ0n) is 14.5. The first-order valence-electron chi connectivity index (χ1n) is 7.86. The zero-order valence-corrected chi connectivity index (χ0v) is 16.9. The second kappa shape index (κ2) is 9.87. The van der Waals surface area contributed by atoms with Crippen LogP contribution in [0.2, 0.25) is 0 Å². The zero-order chi connectivity index (χ0) is 15.2. The monoisotopic (exact) mass is 411 g/mol. The summed E-state index contributed by atoms with van der Waals surface area (Å²) in [7, 11) is 3.61. The summed E-state index contributed by atoms with van der Waals surface area (Å²) in [4.78, 5) is 4.33. The van der Waals surface area contributed by atoms with Gasteiger partial charge in [-0.1, -0.05) is 27.7 Å². The molecule has 0 amide bonds. The number of hydrogen-bond acceptors (Lipinski definition) is 2. The van der Waals surface area contributed by atoms with Crippen molar-refractivity contribution in [1.29, 1.82) is 0 Å². The Balaban J connectivity index is 0.00000400. The molecule has 5 heteroatoms. The Morgan fingerprint density at radius 3 is 2.24 bits per heavy atom. The van der Waals surface area contributed by atoms with Gasteiger partial charge in [-0.2, -0.15) is 0 Å². The van der Waals surface area contributed by atoms with Gasteiger partial charge in [0, 0.05) is 26.7 Å². The molecule has 1 atom stereocenters. The summed E-state index contributed by atoms with van der Waals surface area (Å²) >= 11 is 0. The van der Waals surface area contributed by atoms with Crippen molar-refractivity contribution in [3.05, 3.63) is 0 Å². The third-order valence-electron chi connectivity index (χ3n) is 4.29. The molecule has 0 aromatic heterocycles. The van der Waals surface area contributed by atoms with Crippen LogP contribution in [0.25, 0.3) is 0 Å². The Kier molecular flexibility index (Phi) is 9.85. The summed E-state index contributed by atoms with van der Waals surface area (Å²) in [5, 5.41) is 6.94. The average Bonchev–Trinajstić information content (AvgIpc) is 2.39. The number of nitrogens with one attached hydrogen (secondary N) is 2. The van der Waals surface area contributed by atoms with Gasteiger partial charge < -0.3 is 15.4 Å². The molecule has 2 N–H and O–H groups in total. The van der Waals surface area contributed by atoms with E-state index in [9.17, 15) is 0 Å². The van der Waals surface area contributed by atoms with Crippen molar-refractivity contribution >= 4 is 29.9 Å². The first kappa shape index (κ1) is 21.0. The van der Waals surface area contributed by atoms with Gasteiger partial charge in [0.2, 0.25) is 0 Å². The number of methoxy groups -OCH3 is 1. The molecular weight excluding hydrogens is 377 g/mol. The van der Waals surface area contributed by atoms with E-state index in [0.717, 1.165) is 18.4 Å². The van der Waals surface area contributed by atoms with Crippen LogP contribution in [0, 0.1) is 11.3 Å². The predicted octanol–water partition coefficient (Wildman–Crippen LogP) is 3.41. The molecule has 1 unspecified atom stereocenters. The van der Waals surface area contributed by atoms with Crippen LogP contribution in [0.4, 0.5) is 0 Å². The molecule has 1 aliphatic carbocycles. The van der Waals surface area contributed by atoms with Crippen molar-refractivity contribution in [1.82, 2.24) is 10.6 Å². The van der Waals surface area contributed by atoms with Gasteiger partial charge in [0.05, 0.1) is 6.10 Å². The van der Waals surface area contributed by atoms with Crippen molar-refractivity contribution < 1.29 is 4.74 Å². The maximum Gasteiger partial charge on any atom is 0.191 e. The van der Waals surface area contributed by atoms with Gasteiger partial charge >= 0.3 is 0 Å². The van der Waals surface area contributed by atoms with Gasteiger partial charge in [-0.3, -0.25) is 4.99 Å². The molecule has 0 aromatic carbocycles. The minimum atomic E-state index is 0. The number of rotatable bonds is 4. The Morgan fingerprint density at radius 2 is 1.81 bits per heavy atom. The largest absolute Gasteiger partial charge is 0.379 e. The number of guanidine groups is 1. The van der Waals surface area contributed by atoms with Crippen LogP contribution in [0.1, 0.15) is 53.4 Å². The highest BCUT2D eigenvalue weighted by Crippen LogP contribution is 2.23. The summed E-state index contributed by atoms with van der Waals surface area (Å²) in [5.41, 5.74) is 0.126. The lowest BCUT2D eigenvalue weighted by atomic mass is 9.87. The van der Waals surface area contributed by atoms with Gasteiger partial charge in [0.25, 0.3) is 0 Å². The van der Waals surface area contributed by atoms with Gasteiger partial charge in [-0.05, 0) is 37.0 Å². The highest BCUT2D eigenvalue weighted by molar-refractivity contribution is 14.0. The second-order valence-electron chi connectivity index (χ2n) is 7.14. The highest BCUT2D eigenvalue weighted by Gasteiger charge is 2.25. The Morgan fingerprint density at radius 1 is 1.24 bits per heavy atom. The molecule has 0 spiro atoms. The van der Waals surface area contributed by atoms with Crippen molar-refractivity contribution in [2.24, 2.45) is 16.3 Å². The average molecular weight is 411 g/mol. The number of ether oxygens (including phenoxy) is 1. The maximum atomic E-state index is 5.57. The molecular formula is C16H34IN3O. The standard InChI is InChI=1S/C16H33N3O.HI/c1-12-7-9-13(10-8-12)19-15(17-5)18-11-14(20-6)16(2,3)4;/h12-14H,7-11H2,1-6H3,(H2,17,18,19);1H. The first-order valence-corrected chi connectivity index (χ1v) is 7.86. The smallest absolute Gasteiger partial charge is 0.191 e. The van der Waals surface area contributed by atoms with E-state index in [1.54, 1.807) is 7.11 Å². The van der Waals surface area contributed by atoms with Crippen molar-refractivity contribution in [3.63, 3.8) is 0 Å². The lowest BCUT2D eigenvalue weighted by molar-refractivity contribution is 0.0205. The van der Waals surface area contributed by atoms with E-state index in [1.165, 1.54) is 25.7 Å². The van der Waals surface area contributed by atoms with Crippen LogP contribution in [0.3, 0.4) is 0 Å². The quantitative estimate of drug-likeness (QED) is 0.424. The molecule has 1 saturated carbocycles. The van der Waals surface area contributed by atoms with Gasteiger partial charge in [0.1, 0.15) is 0 Å². The van der Waals surface area contributed by atoms with Crippen LogP contribution in [0.5, 0.6) is 0 Å². The first-order chi connectivity index (χ1) is 9.36. The highest BCUT2D eigenvalue weighted by atomic mass is 127. The van der Waals surface area contributed by atoms with Crippen LogP contribution < -0.4 is 10.6 Å². The van der Waals surface area contributed by atoms with E-state index in [1.807, 2.05) is 7.05 Å². The van der Waals surface area contributed by atoms with Crippen LogP contribution >= 0.6 is 24.0 Å². The Labute approximate surface area is 147 Å². The minimum absolute atomic E-state index is 0. The van der Waals surface area contributed by atoms with Gasteiger partial charge in [-0.15, -0.1) is 24.0 Å². The fourth-order valence-electron chi connectivity index (χ4n) is 2.72. The van der Waals surface area contributed by atoms with E-state index in [4.69, 9.17) is 4.74 Å². The Hall–Kier alpha value is -0.0400. The van der Waals surface area contributed by atoms with Gasteiger partial charge in [0.15, 0.2) is 5.96 Å². The summed E-state index contributed by atoms with van der Waals surface area (Å²) in [5.74, 6) is 1.78. The second-order valence-corrected chi connectivity index (χ2v) is 7.14. The van der Waals surface area contributed by atoms with Crippen molar-refractivity contribution in [3.8, 4) is 0 Å². The van der Waals surface area contributed by atoms with E-state index in [2.05, 4.69) is 43.3 Å². The van der Waals surface area contributed by atoms with E-state index >= 15 is 0 Å². The molecule has 1 fully saturated rings. The molecule has 1 aliphatic rings. The molecule has 4 nitrogen and oxygen atoms in total. The lowest BCUT2D eigenvalue weighted by Gasteiger charge is -2.31. The topological polar surface area (TPSA) is 45.7 Å². The van der Waals surface area contributed by atoms with Crippen LogP contribution in [-0.4, -0.2) is 38.8 Å². The van der Waals surface area contributed by atoms with Gasteiger partial charge in [-0.25, -0.2) is 0 Å². The third kappa shape index (κ3) is 7.68. The molecule has 1 rings (SSSR count). The fourth-order valence-corrected chi connectivity index (χ4v) is 2.72. The van der Waals surface area contributed by atoms with Crippen LogP contribution in [-0.2, 0) is 4.74 Å². The molecule has 21 heavy (non-hydrogen) atoms. The Bertz CT molecular complexity index is 307. The number of halogens is 1. The van der Waals surface area contributed by atoms with E-state index in [-0.39, 0.29) is 35.5 Å². The lowest BCUT2D eigenvalue weighted by Crippen LogP contribution is -2.48. The molecule has 0 heterocycles. The summed E-state index contributed by atoms with van der Waals surface area (Å²) < 4.78 is 5.57.